The molecule has 12 heteroatoms. The Labute approximate surface area is 185 Å². The van der Waals surface area contributed by atoms with E-state index in [-0.39, 0.29) is 32.4 Å². The van der Waals surface area contributed by atoms with Gasteiger partial charge in [0.2, 0.25) is 0 Å². The topological polar surface area (TPSA) is 99.4 Å². The molecule has 1 aromatic heterocycles. The van der Waals surface area contributed by atoms with Crippen LogP contribution in [-0.4, -0.2) is 20.6 Å². The van der Waals surface area contributed by atoms with Crippen molar-refractivity contribution in [1.82, 2.24) is 0 Å². The van der Waals surface area contributed by atoms with Crippen LogP contribution in [0.25, 0.3) is 0 Å². The van der Waals surface area contributed by atoms with E-state index >= 15 is 0 Å². The first-order valence-electron chi connectivity index (χ1n) is 8.78. The molecule has 0 radical (unpaired) electrons. The summed E-state index contributed by atoms with van der Waals surface area (Å²) < 4.78 is 68.8. The van der Waals surface area contributed by atoms with E-state index < -0.39 is 27.9 Å². The van der Waals surface area contributed by atoms with Crippen LogP contribution in [-0.2, 0) is 10.0 Å². The van der Waals surface area contributed by atoms with E-state index in [1.807, 2.05) is 0 Å². The number of nitrogens with zero attached hydrogens (tertiary/aromatic N) is 1. The molecule has 0 aliphatic carbocycles. The Morgan fingerprint density at radius 3 is 2.34 bits per heavy atom. The summed E-state index contributed by atoms with van der Waals surface area (Å²) >= 11 is 5.97. The van der Waals surface area contributed by atoms with Crippen molar-refractivity contribution in [3.05, 3.63) is 87.8 Å². The number of halogens is 4. The van der Waals surface area contributed by atoms with Gasteiger partial charge in [-0.2, -0.15) is 4.73 Å². The van der Waals surface area contributed by atoms with Gasteiger partial charge in [0.1, 0.15) is 5.75 Å². The molecule has 0 saturated carbocycles. The summed E-state index contributed by atoms with van der Waals surface area (Å²) in [6.45, 7) is 1.50. The summed E-state index contributed by atoms with van der Waals surface area (Å²) in [5.74, 6) is -1.18. The van der Waals surface area contributed by atoms with E-state index in [4.69, 9.17) is 11.6 Å². The number of ether oxygens (including phenoxy) is 1. The molecule has 0 unspecified atom stereocenters. The van der Waals surface area contributed by atoms with Gasteiger partial charge in [0.15, 0.2) is 17.7 Å². The van der Waals surface area contributed by atoms with Gasteiger partial charge in [0.05, 0.1) is 10.6 Å². The lowest BCUT2D eigenvalue weighted by atomic mass is 10.0. The molecule has 32 heavy (non-hydrogen) atoms. The van der Waals surface area contributed by atoms with Crippen molar-refractivity contribution in [2.24, 2.45) is 0 Å². The molecule has 0 aliphatic heterocycles. The molecule has 3 rings (SSSR count). The highest BCUT2D eigenvalue weighted by atomic mass is 35.5. The van der Waals surface area contributed by atoms with E-state index in [2.05, 4.69) is 9.46 Å². The number of pyridine rings is 1. The molecule has 0 aliphatic rings. The summed E-state index contributed by atoms with van der Waals surface area (Å²) in [5, 5.41) is 11.7. The number of carbonyl (C=O) groups is 1. The van der Waals surface area contributed by atoms with Gasteiger partial charge in [0.25, 0.3) is 10.0 Å². The molecule has 1 N–H and O–H groups in total. The molecular formula is C20H14ClF3N2O5S. The molecule has 3 aromatic rings. The highest BCUT2D eigenvalue weighted by Crippen LogP contribution is 2.28. The molecular weight excluding hydrogens is 473 g/mol. The zero-order valence-corrected chi connectivity index (χ0v) is 17.8. The fraction of sp³-hybridized carbons (Fsp3) is 0.100. The van der Waals surface area contributed by atoms with Crippen molar-refractivity contribution in [3.8, 4) is 5.75 Å². The van der Waals surface area contributed by atoms with Crippen LogP contribution in [0.15, 0.2) is 65.7 Å². The van der Waals surface area contributed by atoms with Crippen molar-refractivity contribution in [2.45, 2.75) is 18.2 Å². The Hall–Kier alpha value is -3.31. The number of rotatable bonds is 6. The van der Waals surface area contributed by atoms with Crippen molar-refractivity contribution in [1.29, 1.82) is 0 Å². The fourth-order valence-electron chi connectivity index (χ4n) is 2.72. The minimum atomic E-state index is -4.92. The summed E-state index contributed by atoms with van der Waals surface area (Å²) in [5.41, 5.74) is 0.194. The normalized spacial score (nSPS) is 11.8. The van der Waals surface area contributed by atoms with Crippen molar-refractivity contribution >= 4 is 33.1 Å². The average Bonchev–Trinajstić information content (AvgIpc) is 2.70. The van der Waals surface area contributed by atoms with Crippen molar-refractivity contribution < 1.29 is 35.9 Å². The Bertz CT molecular complexity index is 1280. The number of hydrogen-bond acceptors (Lipinski definition) is 5. The second kappa shape index (κ2) is 8.67. The second-order valence-corrected chi connectivity index (χ2v) is 8.65. The maximum Gasteiger partial charge on any atom is 0.573 e. The van der Waals surface area contributed by atoms with Crippen LogP contribution in [0.3, 0.4) is 0 Å². The zero-order valence-electron chi connectivity index (χ0n) is 16.2. The number of alkyl halides is 3. The molecule has 1 heterocycles. The minimum absolute atomic E-state index is 0.0823. The lowest BCUT2D eigenvalue weighted by molar-refractivity contribution is -0.612. The number of aromatic nitrogens is 1. The summed E-state index contributed by atoms with van der Waals surface area (Å²) in [7, 11) is -4.28. The van der Waals surface area contributed by atoms with E-state index in [0.717, 1.165) is 30.5 Å². The number of carbonyl (C=O) groups excluding carboxylic acids is 1. The Morgan fingerprint density at radius 2 is 1.75 bits per heavy atom. The molecule has 0 bridgehead atoms. The van der Waals surface area contributed by atoms with Crippen LogP contribution in [0.2, 0.25) is 5.02 Å². The Balaban J connectivity index is 1.93. The van der Waals surface area contributed by atoms with Crippen LogP contribution in [0.5, 0.6) is 5.75 Å². The minimum Gasteiger partial charge on any atom is -0.619 e. The van der Waals surface area contributed by atoms with Gasteiger partial charge in [-0.25, -0.2) is 8.42 Å². The third kappa shape index (κ3) is 5.48. The average molecular weight is 487 g/mol. The number of benzene rings is 2. The summed E-state index contributed by atoms with van der Waals surface area (Å²) in [6.07, 6.45) is -3.78. The monoisotopic (exact) mass is 486 g/mol. The predicted octanol–water partition coefficient (Wildman–Crippen LogP) is 4.21. The van der Waals surface area contributed by atoms with Crippen molar-refractivity contribution in [3.63, 3.8) is 0 Å². The largest absolute Gasteiger partial charge is 0.619 e. The molecule has 168 valence electrons. The maximum atomic E-state index is 13.0. The number of hydrogen-bond donors (Lipinski definition) is 1. The van der Waals surface area contributed by atoms with Crippen LogP contribution in [0.4, 0.5) is 18.9 Å². The van der Waals surface area contributed by atoms with Gasteiger partial charge in [-0.15, -0.1) is 13.2 Å². The van der Waals surface area contributed by atoms with E-state index in [1.54, 1.807) is 0 Å². The van der Waals surface area contributed by atoms with Gasteiger partial charge >= 0.3 is 6.36 Å². The molecule has 0 saturated heterocycles. The maximum absolute atomic E-state index is 13.0. The number of aryl methyl sites for hydroxylation is 1. The van der Waals surface area contributed by atoms with Crippen LogP contribution >= 0.6 is 11.6 Å². The van der Waals surface area contributed by atoms with E-state index in [1.165, 1.54) is 37.3 Å². The number of anilines is 1. The number of sulfonamides is 1. The van der Waals surface area contributed by atoms with Gasteiger partial charge in [-0.3, -0.25) is 9.52 Å². The van der Waals surface area contributed by atoms with Crippen LogP contribution in [0, 0.1) is 12.1 Å². The standard InChI is InChI=1S/C20H14ClF3N2O5S/c1-12-10-13(8-9-26(12)28)19(27)17-11-14(21)2-7-18(17)25-32(29,30)16-5-3-15(4-6-16)31-20(22,23)24/h2-11,25H,1H3. The molecule has 0 spiro atoms. The molecule has 7 nitrogen and oxygen atoms in total. The molecule has 2 aromatic carbocycles. The highest BCUT2D eigenvalue weighted by molar-refractivity contribution is 7.92. The SMILES string of the molecule is Cc1cc(C(=O)c2cc(Cl)ccc2NS(=O)(=O)c2ccc(OC(F)(F)F)cc2)cc[n+]1[O-]. The Kier molecular flexibility index (Phi) is 6.33. The quantitative estimate of drug-likeness (QED) is 0.319. The molecule has 0 amide bonds. The lowest BCUT2D eigenvalue weighted by Crippen LogP contribution is -2.29. The van der Waals surface area contributed by atoms with Gasteiger partial charge in [-0.05, 0) is 42.5 Å². The first-order valence-corrected chi connectivity index (χ1v) is 10.6. The third-order valence-corrected chi connectivity index (χ3v) is 5.82. The van der Waals surface area contributed by atoms with Gasteiger partial charge < -0.3 is 9.94 Å². The molecule has 0 fully saturated rings. The van der Waals surface area contributed by atoms with Crippen LogP contribution in [0.1, 0.15) is 21.6 Å². The lowest BCUT2D eigenvalue weighted by Gasteiger charge is -2.14. The van der Waals surface area contributed by atoms with E-state index in [0.29, 0.717) is 4.73 Å². The Morgan fingerprint density at radius 1 is 1.09 bits per heavy atom. The van der Waals surface area contributed by atoms with Gasteiger partial charge in [-0.1, -0.05) is 11.6 Å². The van der Waals surface area contributed by atoms with Gasteiger partial charge in [0, 0.05) is 35.2 Å². The second-order valence-electron chi connectivity index (χ2n) is 6.53. The number of ketones is 1. The van der Waals surface area contributed by atoms with Crippen LogP contribution < -0.4 is 14.2 Å². The third-order valence-electron chi connectivity index (χ3n) is 4.20. The zero-order chi connectivity index (χ0) is 23.7. The summed E-state index contributed by atoms with van der Waals surface area (Å²) in [6, 6.07) is 10.1. The highest BCUT2D eigenvalue weighted by Gasteiger charge is 2.31. The first-order chi connectivity index (χ1) is 14.9. The fourth-order valence-corrected chi connectivity index (χ4v) is 3.97. The van der Waals surface area contributed by atoms with E-state index in [9.17, 15) is 31.6 Å². The smallest absolute Gasteiger partial charge is 0.573 e. The number of nitrogens with one attached hydrogen (secondary N) is 1. The van der Waals surface area contributed by atoms with Crippen molar-refractivity contribution in [2.75, 3.05) is 4.72 Å². The first kappa shape index (κ1) is 23.4. The summed E-state index contributed by atoms with van der Waals surface area (Å²) in [4.78, 5) is 12.6. The molecule has 0 atom stereocenters. The predicted molar refractivity (Wildman–Crippen MR) is 109 cm³/mol.